The first-order chi connectivity index (χ1) is 9.41. The Hall–Kier alpha value is -1.02. The fourth-order valence-corrected chi connectivity index (χ4v) is 3.10. The molecule has 0 amide bonds. The van der Waals surface area contributed by atoms with Gasteiger partial charge in [-0.2, -0.15) is 0 Å². The molecular formula is C18H28O2. The second-order valence-electron chi connectivity index (χ2n) is 7.06. The van der Waals surface area contributed by atoms with Crippen molar-refractivity contribution in [2.24, 2.45) is 11.3 Å². The zero-order chi connectivity index (χ0) is 14.8. The largest absolute Gasteiger partial charge is 0.487 e. The van der Waals surface area contributed by atoms with Gasteiger partial charge in [-0.1, -0.05) is 45.9 Å². The van der Waals surface area contributed by atoms with Crippen molar-refractivity contribution in [3.8, 4) is 5.75 Å². The Kier molecular flexibility index (Phi) is 4.74. The maximum atomic E-state index is 10.3. The Morgan fingerprint density at radius 1 is 1.20 bits per heavy atom. The summed E-state index contributed by atoms with van der Waals surface area (Å²) >= 11 is 0. The summed E-state index contributed by atoms with van der Waals surface area (Å²) in [6.07, 6.45) is 3.45. The van der Waals surface area contributed by atoms with Crippen LogP contribution in [0.3, 0.4) is 0 Å². The third kappa shape index (κ3) is 3.54. The summed E-state index contributed by atoms with van der Waals surface area (Å²) in [6.45, 7) is 8.99. The molecular weight excluding hydrogens is 248 g/mol. The summed E-state index contributed by atoms with van der Waals surface area (Å²) in [7, 11) is 0. The van der Waals surface area contributed by atoms with Gasteiger partial charge in [0.25, 0.3) is 0 Å². The van der Waals surface area contributed by atoms with Crippen molar-refractivity contribution in [3.05, 3.63) is 29.8 Å². The molecule has 1 aliphatic rings. The molecule has 1 aromatic carbocycles. The number of ether oxygens (including phenoxy) is 1. The van der Waals surface area contributed by atoms with Crippen LogP contribution in [0.25, 0.3) is 0 Å². The predicted octanol–water partition coefficient (Wildman–Crippen LogP) is 4.20. The summed E-state index contributed by atoms with van der Waals surface area (Å²) in [5.74, 6) is 1.55. The SMILES string of the molecule is CCc1ccccc1OC1CC(C(C)(C)C)CCC1O. The van der Waals surface area contributed by atoms with E-state index in [1.54, 1.807) is 0 Å². The van der Waals surface area contributed by atoms with Gasteiger partial charge in [0.1, 0.15) is 11.9 Å². The molecule has 0 bridgehead atoms. The molecule has 1 saturated carbocycles. The van der Waals surface area contributed by atoms with Crippen molar-refractivity contribution in [2.45, 2.75) is 65.6 Å². The number of aryl methyl sites for hydroxylation is 1. The van der Waals surface area contributed by atoms with E-state index in [4.69, 9.17) is 4.74 Å². The van der Waals surface area contributed by atoms with Crippen LogP contribution in [0.1, 0.15) is 52.5 Å². The highest BCUT2D eigenvalue weighted by Crippen LogP contribution is 2.39. The normalized spacial score (nSPS) is 27.4. The van der Waals surface area contributed by atoms with Gasteiger partial charge < -0.3 is 9.84 Å². The maximum absolute atomic E-state index is 10.3. The van der Waals surface area contributed by atoms with E-state index in [1.165, 1.54) is 5.56 Å². The maximum Gasteiger partial charge on any atom is 0.125 e. The molecule has 0 aromatic heterocycles. The molecule has 1 N–H and O–H groups in total. The van der Waals surface area contributed by atoms with Crippen molar-refractivity contribution < 1.29 is 9.84 Å². The lowest BCUT2D eigenvalue weighted by atomic mass is 9.71. The first-order valence-electron chi connectivity index (χ1n) is 7.84. The van der Waals surface area contributed by atoms with Gasteiger partial charge in [0.15, 0.2) is 0 Å². The van der Waals surface area contributed by atoms with Crippen molar-refractivity contribution in [1.82, 2.24) is 0 Å². The Balaban J connectivity index is 2.10. The minimum absolute atomic E-state index is 0.0688. The molecule has 1 aromatic rings. The van der Waals surface area contributed by atoms with E-state index < -0.39 is 0 Å². The highest BCUT2D eigenvalue weighted by Gasteiger charge is 2.36. The van der Waals surface area contributed by atoms with Gasteiger partial charge in [0.2, 0.25) is 0 Å². The van der Waals surface area contributed by atoms with E-state index in [0.717, 1.165) is 31.4 Å². The van der Waals surface area contributed by atoms with E-state index in [-0.39, 0.29) is 17.6 Å². The van der Waals surface area contributed by atoms with E-state index in [1.807, 2.05) is 18.2 Å². The van der Waals surface area contributed by atoms with Crippen LogP contribution >= 0.6 is 0 Å². The van der Waals surface area contributed by atoms with Crippen molar-refractivity contribution in [3.63, 3.8) is 0 Å². The Morgan fingerprint density at radius 2 is 1.90 bits per heavy atom. The van der Waals surface area contributed by atoms with Gasteiger partial charge in [-0.15, -0.1) is 0 Å². The molecule has 112 valence electrons. The van der Waals surface area contributed by atoms with E-state index in [2.05, 4.69) is 33.8 Å². The number of aliphatic hydroxyl groups excluding tert-OH is 1. The molecule has 20 heavy (non-hydrogen) atoms. The molecule has 1 aliphatic carbocycles. The summed E-state index contributed by atoms with van der Waals surface area (Å²) in [5.41, 5.74) is 1.50. The number of benzene rings is 1. The lowest BCUT2D eigenvalue weighted by Crippen LogP contribution is -2.41. The second-order valence-corrected chi connectivity index (χ2v) is 7.06. The van der Waals surface area contributed by atoms with Gasteiger partial charge in [-0.05, 0) is 48.6 Å². The Labute approximate surface area is 123 Å². The third-order valence-corrected chi connectivity index (χ3v) is 4.61. The third-order valence-electron chi connectivity index (χ3n) is 4.61. The first kappa shape index (κ1) is 15.4. The molecule has 2 nitrogen and oxygen atoms in total. The monoisotopic (exact) mass is 276 g/mol. The number of para-hydroxylation sites is 1. The molecule has 1 fully saturated rings. The van der Waals surface area contributed by atoms with Crippen molar-refractivity contribution in [1.29, 1.82) is 0 Å². The lowest BCUT2D eigenvalue weighted by Gasteiger charge is -2.40. The molecule has 3 unspecified atom stereocenters. The van der Waals surface area contributed by atoms with Crippen LogP contribution in [-0.2, 0) is 6.42 Å². The van der Waals surface area contributed by atoms with E-state index in [0.29, 0.717) is 5.92 Å². The smallest absolute Gasteiger partial charge is 0.125 e. The summed E-state index contributed by atoms with van der Waals surface area (Å²) in [6, 6.07) is 8.17. The summed E-state index contributed by atoms with van der Waals surface area (Å²) < 4.78 is 6.16. The van der Waals surface area contributed by atoms with Crippen molar-refractivity contribution >= 4 is 0 Å². The average Bonchev–Trinajstić information content (AvgIpc) is 2.40. The number of rotatable bonds is 3. The highest BCUT2D eigenvalue weighted by molar-refractivity contribution is 5.33. The van der Waals surface area contributed by atoms with Gasteiger partial charge in [0.05, 0.1) is 6.10 Å². The molecule has 0 radical (unpaired) electrons. The van der Waals surface area contributed by atoms with Gasteiger partial charge in [-0.3, -0.25) is 0 Å². The quantitative estimate of drug-likeness (QED) is 0.896. The fraction of sp³-hybridized carbons (Fsp3) is 0.667. The fourth-order valence-electron chi connectivity index (χ4n) is 3.10. The predicted molar refractivity (Wildman–Crippen MR) is 83.0 cm³/mol. The Morgan fingerprint density at radius 3 is 2.55 bits per heavy atom. The standard InChI is InChI=1S/C18H28O2/c1-5-13-8-6-7-9-16(13)20-17-12-14(18(2,3)4)10-11-15(17)19/h6-9,14-15,17,19H,5,10-12H2,1-4H3. The zero-order valence-corrected chi connectivity index (χ0v) is 13.2. The average molecular weight is 276 g/mol. The van der Waals surface area contributed by atoms with Crippen LogP contribution in [-0.4, -0.2) is 17.3 Å². The summed E-state index contributed by atoms with van der Waals surface area (Å²) in [4.78, 5) is 0. The van der Waals surface area contributed by atoms with Crippen LogP contribution in [0.2, 0.25) is 0 Å². The van der Waals surface area contributed by atoms with Crippen molar-refractivity contribution in [2.75, 3.05) is 0 Å². The van der Waals surface area contributed by atoms with Crippen LogP contribution < -0.4 is 4.74 Å². The minimum Gasteiger partial charge on any atom is -0.487 e. The molecule has 0 saturated heterocycles. The molecule has 3 atom stereocenters. The molecule has 2 rings (SSSR count). The Bertz CT molecular complexity index is 433. The van der Waals surface area contributed by atoms with Crippen LogP contribution in [0.5, 0.6) is 5.75 Å². The highest BCUT2D eigenvalue weighted by atomic mass is 16.5. The number of hydrogen-bond donors (Lipinski definition) is 1. The van der Waals surface area contributed by atoms with E-state index >= 15 is 0 Å². The van der Waals surface area contributed by atoms with Gasteiger partial charge in [-0.25, -0.2) is 0 Å². The molecule has 0 heterocycles. The van der Waals surface area contributed by atoms with E-state index in [9.17, 15) is 5.11 Å². The topological polar surface area (TPSA) is 29.5 Å². The lowest BCUT2D eigenvalue weighted by molar-refractivity contribution is -0.0301. The van der Waals surface area contributed by atoms with Crippen LogP contribution in [0, 0.1) is 11.3 Å². The van der Waals surface area contributed by atoms with Gasteiger partial charge in [0, 0.05) is 0 Å². The number of hydrogen-bond acceptors (Lipinski definition) is 2. The first-order valence-corrected chi connectivity index (χ1v) is 7.84. The molecule has 2 heteroatoms. The zero-order valence-electron chi connectivity index (χ0n) is 13.2. The second kappa shape index (κ2) is 6.17. The summed E-state index contributed by atoms with van der Waals surface area (Å²) in [5, 5.41) is 10.3. The number of aliphatic hydroxyl groups is 1. The van der Waals surface area contributed by atoms with Gasteiger partial charge >= 0.3 is 0 Å². The van der Waals surface area contributed by atoms with Crippen LogP contribution in [0.4, 0.5) is 0 Å². The van der Waals surface area contributed by atoms with Crippen LogP contribution in [0.15, 0.2) is 24.3 Å². The molecule has 0 aliphatic heterocycles. The minimum atomic E-state index is -0.335. The molecule has 0 spiro atoms.